The Labute approximate surface area is 178 Å². The second-order valence-corrected chi connectivity index (χ2v) is 8.99. The van der Waals surface area contributed by atoms with E-state index in [-0.39, 0.29) is 5.92 Å². The number of nitrogens with zero attached hydrogens (tertiary/aromatic N) is 3. The summed E-state index contributed by atoms with van der Waals surface area (Å²) in [6.45, 7) is 3.76. The fourth-order valence-corrected chi connectivity index (χ4v) is 4.69. The fraction of sp³-hybridized carbons (Fsp3) is 0.500. The minimum Gasteiger partial charge on any atom is -0.342 e. The molecule has 0 aliphatic carbocycles. The summed E-state index contributed by atoms with van der Waals surface area (Å²) < 4.78 is 0. The van der Waals surface area contributed by atoms with Crippen molar-refractivity contribution in [2.75, 3.05) is 33.2 Å². The molecule has 1 aromatic heterocycles. The number of hydrogen-bond donors (Lipinski definition) is 0. The Morgan fingerprint density at radius 3 is 2.59 bits per heavy atom. The summed E-state index contributed by atoms with van der Waals surface area (Å²) in [7, 11) is 2.14. The van der Waals surface area contributed by atoms with Crippen LogP contribution in [0.5, 0.6) is 0 Å². The molecule has 0 unspecified atom stereocenters. The largest absolute Gasteiger partial charge is 0.342 e. The molecule has 2 fully saturated rings. The van der Waals surface area contributed by atoms with Crippen LogP contribution in [0.15, 0.2) is 42.5 Å². The number of amides is 1. The number of hydrogen-bond acceptors (Lipinski definition) is 3. The van der Waals surface area contributed by atoms with Crippen LogP contribution in [0.3, 0.4) is 0 Å². The number of carbonyl (C=O) groups excluding carboxylic acids is 1. The first-order valence-corrected chi connectivity index (χ1v) is 11.1. The van der Waals surface area contributed by atoms with Crippen LogP contribution in [-0.4, -0.2) is 53.9 Å². The van der Waals surface area contributed by atoms with E-state index in [4.69, 9.17) is 16.6 Å². The SMILES string of the molecule is CN1CCC(C(=O)N2CCC[C@@H](c3cccc(Cc4ccc(Cl)cc4)n3)C2)CC1. The predicted octanol–water partition coefficient (Wildman–Crippen LogP) is 4.37. The molecule has 1 aromatic carbocycles. The van der Waals surface area contributed by atoms with Crippen LogP contribution in [0.4, 0.5) is 0 Å². The van der Waals surface area contributed by atoms with Gasteiger partial charge in [0.2, 0.25) is 5.91 Å². The van der Waals surface area contributed by atoms with Crippen molar-refractivity contribution in [3.8, 4) is 0 Å². The van der Waals surface area contributed by atoms with Crippen molar-refractivity contribution in [1.82, 2.24) is 14.8 Å². The molecule has 0 N–H and O–H groups in total. The molecule has 0 spiro atoms. The van der Waals surface area contributed by atoms with E-state index in [1.807, 2.05) is 12.1 Å². The highest BCUT2D eigenvalue weighted by atomic mass is 35.5. The first-order valence-electron chi connectivity index (χ1n) is 10.8. The Morgan fingerprint density at radius 1 is 1.07 bits per heavy atom. The Balaban J connectivity index is 1.41. The smallest absolute Gasteiger partial charge is 0.225 e. The van der Waals surface area contributed by atoms with Crippen LogP contribution < -0.4 is 0 Å². The van der Waals surface area contributed by atoms with E-state index in [0.29, 0.717) is 11.8 Å². The summed E-state index contributed by atoms with van der Waals surface area (Å²) in [4.78, 5) is 22.4. The average molecular weight is 412 g/mol. The highest BCUT2D eigenvalue weighted by Gasteiger charge is 2.31. The van der Waals surface area contributed by atoms with Crippen LogP contribution in [0.2, 0.25) is 5.02 Å². The van der Waals surface area contributed by atoms with Crippen molar-refractivity contribution in [3.05, 3.63) is 64.4 Å². The van der Waals surface area contributed by atoms with Gasteiger partial charge < -0.3 is 9.80 Å². The second-order valence-electron chi connectivity index (χ2n) is 8.56. The number of pyridine rings is 1. The number of aromatic nitrogens is 1. The van der Waals surface area contributed by atoms with Crippen molar-refractivity contribution in [2.24, 2.45) is 5.92 Å². The van der Waals surface area contributed by atoms with Gasteiger partial charge in [-0.1, -0.05) is 29.8 Å². The van der Waals surface area contributed by atoms with Crippen LogP contribution in [0.1, 0.15) is 48.6 Å². The molecule has 2 aromatic rings. The first kappa shape index (κ1) is 20.4. The first-order chi connectivity index (χ1) is 14.1. The van der Waals surface area contributed by atoms with E-state index >= 15 is 0 Å². The Hall–Kier alpha value is -1.91. The molecule has 2 aliphatic heterocycles. The number of halogens is 1. The minimum atomic E-state index is 0.203. The lowest BCUT2D eigenvalue weighted by Gasteiger charge is -2.37. The number of rotatable bonds is 4. The third-order valence-electron chi connectivity index (χ3n) is 6.35. The van der Waals surface area contributed by atoms with Gasteiger partial charge in [-0.25, -0.2) is 0 Å². The molecule has 3 heterocycles. The maximum Gasteiger partial charge on any atom is 0.225 e. The topological polar surface area (TPSA) is 36.4 Å². The fourth-order valence-electron chi connectivity index (χ4n) is 4.57. The van der Waals surface area contributed by atoms with Crippen molar-refractivity contribution in [1.29, 1.82) is 0 Å². The molecular formula is C24H30ClN3O. The van der Waals surface area contributed by atoms with Crippen LogP contribution >= 0.6 is 11.6 Å². The van der Waals surface area contributed by atoms with Crippen LogP contribution in [-0.2, 0) is 11.2 Å². The van der Waals surface area contributed by atoms with E-state index in [0.717, 1.165) is 74.7 Å². The van der Waals surface area contributed by atoms with Crippen molar-refractivity contribution < 1.29 is 4.79 Å². The van der Waals surface area contributed by atoms with Gasteiger partial charge in [0.15, 0.2) is 0 Å². The van der Waals surface area contributed by atoms with Crippen LogP contribution in [0.25, 0.3) is 0 Å². The molecule has 29 heavy (non-hydrogen) atoms. The molecule has 1 amide bonds. The normalized spacial score (nSPS) is 21.3. The van der Waals surface area contributed by atoms with Gasteiger partial charge in [-0.05, 0) is 75.6 Å². The molecule has 0 bridgehead atoms. The highest BCUT2D eigenvalue weighted by molar-refractivity contribution is 6.30. The minimum absolute atomic E-state index is 0.203. The predicted molar refractivity (Wildman–Crippen MR) is 117 cm³/mol. The summed E-state index contributed by atoms with van der Waals surface area (Å²) in [5.74, 6) is 0.901. The molecular weight excluding hydrogens is 382 g/mol. The number of benzene rings is 1. The number of likely N-dealkylation sites (tertiary alicyclic amines) is 2. The zero-order chi connectivity index (χ0) is 20.2. The van der Waals surface area contributed by atoms with Gasteiger partial charge >= 0.3 is 0 Å². The van der Waals surface area contributed by atoms with Crippen molar-refractivity contribution >= 4 is 17.5 Å². The number of carbonyl (C=O) groups is 1. The van der Waals surface area contributed by atoms with Gasteiger partial charge in [0.1, 0.15) is 0 Å². The third kappa shape index (κ3) is 5.18. The summed E-state index contributed by atoms with van der Waals surface area (Å²) in [6.07, 6.45) is 4.95. The Morgan fingerprint density at radius 2 is 1.83 bits per heavy atom. The molecule has 154 valence electrons. The zero-order valence-corrected chi connectivity index (χ0v) is 17.9. The van der Waals surface area contributed by atoms with E-state index in [1.165, 1.54) is 5.56 Å². The molecule has 5 heteroatoms. The van der Waals surface area contributed by atoms with Gasteiger partial charge in [0, 0.05) is 47.8 Å². The molecule has 1 atom stereocenters. The molecule has 4 rings (SSSR count). The number of piperidine rings is 2. The van der Waals surface area contributed by atoms with E-state index in [9.17, 15) is 4.79 Å². The van der Waals surface area contributed by atoms with Gasteiger partial charge in [-0.3, -0.25) is 9.78 Å². The zero-order valence-electron chi connectivity index (χ0n) is 17.2. The molecule has 2 aliphatic rings. The monoisotopic (exact) mass is 411 g/mol. The van der Waals surface area contributed by atoms with Gasteiger partial charge in [-0.15, -0.1) is 0 Å². The molecule has 0 radical (unpaired) electrons. The lowest BCUT2D eigenvalue weighted by atomic mass is 9.90. The van der Waals surface area contributed by atoms with Crippen molar-refractivity contribution in [2.45, 2.75) is 38.0 Å². The third-order valence-corrected chi connectivity index (χ3v) is 6.60. The lowest BCUT2D eigenvalue weighted by Crippen LogP contribution is -2.45. The molecule has 2 saturated heterocycles. The van der Waals surface area contributed by atoms with Gasteiger partial charge in [-0.2, -0.15) is 0 Å². The second kappa shape index (κ2) is 9.27. The Bertz CT molecular complexity index is 830. The quantitative estimate of drug-likeness (QED) is 0.749. The lowest BCUT2D eigenvalue weighted by molar-refractivity contribution is -0.138. The average Bonchev–Trinajstić information content (AvgIpc) is 2.76. The summed E-state index contributed by atoms with van der Waals surface area (Å²) in [5, 5.41) is 0.757. The van der Waals surface area contributed by atoms with Crippen molar-refractivity contribution in [3.63, 3.8) is 0 Å². The Kier molecular flexibility index (Phi) is 6.51. The summed E-state index contributed by atoms with van der Waals surface area (Å²) >= 11 is 5.99. The van der Waals surface area contributed by atoms with E-state index in [2.05, 4.69) is 47.2 Å². The highest BCUT2D eigenvalue weighted by Crippen LogP contribution is 2.28. The van der Waals surface area contributed by atoms with E-state index in [1.54, 1.807) is 0 Å². The maximum absolute atomic E-state index is 13.0. The van der Waals surface area contributed by atoms with Gasteiger partial charge in [0.25, 0.3) is 0 Å². The molecule has 0 saturated carbocycles. The van der Waals surface area contributed by atoms with Gasteiger partial charge in [0.05, 0.1) is 0 Å². The maximum atomic E-state index is 13.0. The van der Waals surface area contributed by atoms with E-state index < -0.39 is 0 Å². The van der Waals surface area contributed by atoms with Crippen LogP contribution in [0, 0.1) is 5.92 Å². The summed E-state index contributed by atoms with van der Waals surface area (Å²) in [6, 6.07) is 14.3. The molecule has 4 nitrogen and oxygen atoms in total. The summed E-state index contributed by atoms with van der Waals surface area (Å²) in [5.41, 5.74) is 3.41. The standard InChI is InChI=1S/C24H30ClN3O/c1-27-14-11-19(12-15-27)24(29)28-13-3-4-20(17-28)23-6-2-5-22(26-23)16-18-7-9-21(25)10-8-18/h2,5-10,19-20H,3-4,11-17H2,1H3/t20-/m1/s1.